The van der Waals surface area contributed by atoms with Crippen molar-refractivity contribution >= 4 is 17.4 Å². The molecular formula is C15H18ClN3O2. The summed E-state index contributed by atoms with van der Waals surface area (Å²) in [6, 6.07) is 7.50. The summed E-state index contributed by atoms with van der Waals surface area (Å²) in [5.74, 6) is 1.55. The molecule has 0 aliphatic carbocycles. The largest absolute Gasteiger partial charge is 0.489 e. The number of hydrogen-bond acceptors (Lipinski definition) is 5. The maximum atomic E-state index is 5.95. The molecule has 0 aliphatic rings. The Bertz CT molecular complexity index is 593. The van der Waals surface area contributed by atoms with Gasteiger partial charge in [0.25, 0.3) is 5.88 Å². The molecule has 0 unspecified atom stereocenters. The predicted molar refractivity (Wildman–Crippen MR) is 83.1 cm³/mol. The number of methoxy groups -OCH3 is 1. The Balaban J connectivity index is 2.12. The Hall–Kier alpha value is -2.01. The number of halogens is 1. The molecule has 1 aromatic heterocycles. The first-order chi connectivity index (χ1) is 10.2. The molecule has 0 spiro atoms. The van der Waals surface area contributed by atoms with Crippen molar-refractivity contribution in [3.05, 3.63) is 41.2 Å². The van der Waals surface area contributed by atoms with E-state index in [2.05, 4.69) is 22.2 Å². The number of anilines is 1. The van der Waals surface area contributed by atoms with Gasteiger partial charge in [0.15, 0.2) is 5.82 Å². The van der Waals surface area contributed by atoms with Crippen LogP contribution in [0.3, 0.4) is 0 Å². The van der Waals surface area contributed by atoms with Gasteiger partial charge in [0, 0.05) is 11.6 Å². The lowest BCUT2D eigenvalue weighted by Gasteiger charge is -2.13. The minimum absolute atomic E-state index is 0.362. The molecule has 0 saturated carbocycles. The number of hydrogen-bond donors (Lipinski definition) is 1. The summed E-state index contributed by atoms with van der Waals surface area (Å²) in [7, 11) is 1.57. The number of ether oxygens (including phenoxy) is 2. The van der Waals surface area contributed by atoms with E-state index in [1.807, 2.05) is 24.3 Å². The Morgan fingerprint density at radius 3 is 2.86 bits per heavy atom. The smallest absolute Gasteiger partial charge is 0.262 e. The van der Waals surface area contributed by atoms with Crippen LogP contribution in [0.5, 0.6) is 11.6 Å². The van der Waals surface area contributed by atoms with Crippen molar-refractivity contribution in [2.24, 2.45) is 0 Å². The summed E-state index contributed by atoms with van der Waals surface area (Å²) >= 11 is 5.95. The topological polar surface area (TPSA) is 56.3 Å². The van der Waals surface area contributed by atoms with Gasteiger partial charge in [-0.2, -0.15) is 4.98 Å². The number of benzene rings is 1. The summed E-state index contributed by atoms with van der Waals surface area (Å²) < 4.78 is 11.1. The minimum Gasteiger partial charge on any atom is -0.489 e. The lowest BCUT2D eigenvalue weighted by atomic mass is 10.2. The zero-order valence-electron chi connectivity index (χ0n) is 12.1. The molecule has 0 saturated heterocycles. The van der Waals surface area contributed by atoms with E-state index < -0.39 is 0 Å². The lowest BCUT2D eigenvalue weighted by Crippen LogP contribution is -2.07. The summed E-state index contributed by atoms with van der Waals surface area (Å²) in [6.45, 7) is 3.25. The zero-order chi connectivity index (χ0) is 15.1. The second kappa shape index (κ2) is 7.69. The van der Waals surface area contributed by atoms with E-state index in [0.29, 0.717) is 29.1 Å². The van der Waals surface area contributed by atoms with Gasteiger partial charge in [-0.05, 0) is 24.1 Å². The molecule has 0 amide bonds. The van der Waals surface area contributed by atoms with Crippen molar-refractivity contribution < 1.29 is 9.47 Å². The second-order valence-corrected chi connectivity index (χ2v) is 4.84. The van der Waals surface area contributed by atoms with Crippen LogP contribution in [0, 0.1) is 0 Å². The van der Waals surface area contributed by atoms with Crippen molar-refractivity contribution in [1.29, 1.82) is 0 Å². The van der Waals surface area contributed by atoms with Crippen LogP contribution in [-0.2, 0) is 6.61 Å². The van der Waals surface area contributed by atoms with Gasteiger partial charge in [-0.3, -0.25) is 0 Å². The third-order valence-electron chi connectivity index (χ3n) is 2.78. The fourth-order valence-electron chi connectivity index (χ4n) is 1.79. The van der Waals surface area contributed by atoms with Gasteiger partial charge in [-0.25, -0.2) is 4.98 Å². The normalized spacial score (nSPS) is 10.2. The molecule has 1 N–H and O–H groups in total. The third-order valence-corrected chi connectivity index (χ3v) is 3.02. The van der Waals surface area contributed by atoms with Gasteiger partial charge in [-0.15, -0.1) is 0 Å². The highest BCUT2D eigenvalue weighted by molar-refractivity contribution is 6.30. The average molecular weight is 308 g/mol. The van der Waals surface area contributed by atoms with Crippen LogP contribution in [0.2, 0.25) is 5.02 Å². The highest BCUT2D eigenvalue weighted by atomic mass is 35.5. The Kier molecular flexibility index (Phi) is 5.63. The molecule has 0 aliphatic heterocycles. The molecule has 2 rings (SSSR count). The van der Waals surface area contributed by atoms with Crippen molar-refractivity contribution in [3.8, 4) is 11.6 Å². The molecule has 112 valence electrons. The summed E-state index contributed by atoms with van der Waals surface area (Å²) in [4.78, 5) is 8.29. The molecule has 21 heavy (non-hydrogen) atoms. The molecule has 0 radical (unpaired) electrons. The predicted octanol–water partition coefficient (Wildman–Crippen LogP) is 3.54. The van der Waals surface area contributed by atoms with Gasteiger partial charge < -0.3 is 14.8 Å². The molecular weight excluding hydrogens is 290 g/mol. The fraction of sp³-hybridized carbons (Fsp3) is 0.333. The summed E-state index contributed by atoms with van der Waals surface area (Å²) in [5.41, 5.74) is 0.964. The molecule has 6 heteroatoms. The first kappa shape index (κ1) is 15.4. The van der Waals surface area contributed by atoms with Crippen LogP contribution in [0.1, 0.15) is 18.9 Å². The molecule has 0 bridgehead atoms. The summed E-state index contributed by atoms with van der Waals surface area (Å²) in [6.07, 6.45) is 2.44. The van der Waals surface area contributed by atoms with Gasteiger partial charge in [-0.1, -0.05) is 30.7 Å². The Labute approximate surface area is 129 Å². The zero-order valence-corrected chi connectivity index (χ0v) is 12.9. The van der Waals surface area contributed by atoms with Crippen molar-refractivity contribution in [2.45, 2.75) is 20.0 Å². The maximum Gasteiger partial charge on any atom is 0.262 e. The first-order valence-electron chi connectivity index (χ1n) is 6.74. The van der Waals surface area contributed by atoms with Gasteiger partial charge in [0.05, 0.1) is 7.11 Å². The van der Waals surface area contributed by atoms with E-state index in [4.69, 9.17) is 21.1 Å². The highest BCUT2D eigenvalue weighted by Crippen LogP contribution is 2.31. The van der Waals surface area contributed by atoms with Crippen LogP contribution < -0.4 is 14.8 Å². The van der Waals surface area contributed by atoms with E-state index in [0.717, 1.165) is 18.5 Å². The van der Waals surface area contributed by atoms with Crippen LogP contribution >= 0.6 is 11.6 Å². The highest BCUT2D eigenvalue weighted by Gasteiger charge is 2.13. The van der Waals surface area contributed by atoms with Gasteiger partial charge in [0.2, 0.25) is 5.75 Å². The third kappa shape index (κ3) is 4.23. The van der Waals surface area contributed by atoms with Crippen molar-refractivity contribution in [2.75, 3.05) is 19.0 Å². The monoisotopic (exact) mass is 307 g/mol. The van der Waals surface area contributed by atoms with Gasteiger partial charge in [0.1, 0.15) is 12.9 Å². The number of rotatable bonds is 7. The van der Waals surface area contributed by atoms with Crippen LogP contribution in [0.15, 0.2) is 30.6 Å². The number of aromatic nitrogens is 2. The SMILES string of the molecule is CCCNc1ncnc(OCc2cccc(Cl)c2)c1OC. The van der Waals surface area contributed by atoms with Crippen LogP contribution in [-0.4, -0.2) is 23.6 Å². The molecule has 1 aromatic carbocycles. The van der Waals surface area contributed by atoms with Crippen LogP contribution in [0.4, 0.5) is 5.82 Å². The van der Waals surface area contributed by atoms with Crippen molar-refractivity contribution in [1.82, 2.24) is 9.97 Å². The van der Waals surface area contributed by atoms with E-state index in [1.54, 1.807) is 7.11 Å². The lowest BCUT2D eigenvalue weighted by molar-refractivity contribution is 0.272. The summed E-state index contributed by atoms with van der Waals surface area (Å²) in [5, 5.41) is 3.86. The molecule has 0 fully saturated rings. The quantitative estimate of drug-likeness (QED) is 0.848. The van der Waals surface area contributed by atoms with E-state index in [-0.39, 0.29) is 0 Å². The molecule has 0 atom stereocenters. The van der Waals surface area contributed by atoms with Gasteiger partial charge >= 0.3 is 0 Å². The molecule has 5 nitrogen and oxygen atoms in total. The number of nitrogens with zero attached hydrogens (tertiary/aromatic N) is 2. The fourth-order valence-corrected chi connectivity index (χ4v) is 2.01. The minimum atomic E-state index is 0.362. The van der Waals surface area contributed by atoms with E-state index >= 15 is 0 Å². The maximum absolute atomic E-state index is 5.95. The number of nitrogens with one attached hydrogen (secondary N) is 1. The van der Waals surface area contributed by atoms with Crippen LogP contribution in [0.25, 0.3) is 0 Å². The van der Waals surface area contributed by atoms with E-state index in [9.17, 15) is 0 Å². The van der Waals surface area contributed by atoms with Crippen molar-refractivity contribution in [3.63, 3.8) is 0 Å². The molecule has 2 aromatic rings. The second-order valence-electron chi connectivity index (χ2n) is 4.41. The Morgan fingerprint density at radius 2 is 2.14 bits per heavy atom. The van der Waals surface area contributed by atoms with E-state index in [1.165, 1.54) is 6.33 Å². The molecule has 1 heterocycles. The Morgan fingerprint density at radius 1 is 1.29 bits per heavy atom. The average Bonchev–Trinajstić information content (AvgIpc) is 2.50. The first-order valence-corrected chi connectivity index (χ1v) is 7.12. The standard InChI is InChI=1S/C15H18ClN3O2/c1-3-7-17-14-13(20-2)15(19-10-18-14)21-9-11-5-4-6-12(16)8-11/h4-6,8,10H,3,7,9H2,1-2H3,(H,17,18,19).